The normalized spacial score (nSPS) is 17.2. The molecule has 4 rings (SSSR count). The monoisotopic (exact) mass is 416 g/mol. The second kappa shape index (κ2) is 6.72. The van der Waals surface area contributed by atoms with Crippen LogP contribution in [0.1, 0.15) is 39.9 Å². The molecule has 1 fully saturated rings. The molecule has 0 N–H and O–H groups in total. The highest BCUT2D eigenvalue weighted by atomic mass is 79.9. The smallest absolute Gasteiger partial charge is 0.276 e. The summed E-state index contributed by atoms with van der Waals surface area (Å²) in [5, 5.41) is 10.5. The number of thiophene rings is 1. The summed E-state index contributed by atoms with van der Waals surface area (Å²) in [6.07, 6.45) is 2.03. The minimum atomic E-state index is -0.0327. The molecule has 25 heavy (non-hydrogen) atoms. The molecule has 1 aliphatic heterocycles. The molecule has 0 saturated carbocycles. The predicted octanol–water partition coefficient (Wildman–Crippen LogP) is 4.38. The fourth-order valence-electron chi connectivity index (χ4n) is 3.30. The van der Waals surface area contributed by atoms with Crippen LogP contribution in [-0.4, -0.2) is 32.3 Å². The van der Waals surface area contributed by atoms with Gasteiger partial charge in [0.15, 0.2) is 5.69 Å². The molecule has 5 nitrogen and oxygen atoms in total. The van der Waals surface area contributed by atoms with E-state index in [0.717, 1.165) is 35.2 Å². The molecular weight excluding hydrogens is 400 g/mol. The van der Waals surface area contributed by atoms with Gasteiger partial charge in [0.05, 0.1) is 17.4 Å². The van der Waals surface area contributed by atoms with Crippen molar-refractivity contribution < 1.29 is 4.79 Å². The molecule has 1 unspecified atom stereocenters. The Morgan fingerprint density at radius 2 is 2.20 bits per heavy atom. The van der Waals surface area contributed by atoms with Gasteiger partial charge in [-0.25, -0.2) is 4.68 Å². The first kappa shape index (κ1) is 16.5. The quantitative estimate of drug-likeness (QED) is 0.636. The standard InChI is InChI=1S/C18H17BrN4OS/c1-12-17(20-21-23(12)14-6-2-5-13(19)11-14)18(24)22-9-3-7-15(22)16-8-4-10-25-16/h2,4-6,8,10-11,15H,3,7,9H2,1H3. The van der Waals surface area contributed by atoms with Gasteiger partial charge in [0.2, 0.25) is 0 Å². The minimum absolute atomic E-state index is 0.0327. The number of halogens is 1. The highest BCUT2D eigenvalue weighted by Crippen LogP contribution is 2.35. The Morgan fingerprint density at radius 3 is 2.96 bits per heavy atom. The Bertz CT molecular complexity index is 906. The lowest BCUT2D eigenvalue weighted by atomic mass is 10.2. The topological polar surface area (TPSA) is 51.0 Å². The minimum Gasteiger partial charge on any atom is -0.329 e. The first-order chi connectivity index (χ1) is 12.1. The van der Waals surface area contributed by atoms with Crippen LogP contribution in [0.4, 0.5) is 0 Å². The molecule has 1 aromatic carbocycles. The summed E-state index contributed by atoms with van der Waals surface area (Å²) in [6, 6.07) is 12.1. The molecule has 1 saturated heterocycles. The zero-order valence-corrected chi connectivity index (χ0v) is 16.1. The SMILES string of the molecule is Cc1c(C(=O)N2CCCC2c2cccs2)nnn1-c1cccc(Br)c1. The van der Waals surface area contributed by atoms with Crippen LogP contribution in [0.25, 0.3) is 5.69 Å². The summed E-state index contributed by atoms with van der Waals surface area (Å²) in [5.74, 6) is -0.0327. The average molecular weight is 417 g/mol. The number of likely N-dealkylation sites (tertiary alicyclic amines) is 1. The second-order valence-corrected chi connectivity index (χ2v) is 7.98. The van der Waals surface area contributed by atoms with Crippen LogP contribution in [0.2, 0.25) is 0 Å². The van der Waals surface area contributed by atoms with Gasteiger partial charge in [0, 0.05) is 15.9 Å². The predicted molar refractivity (Wildman–Crippen MR) is 101 cm³/mol. The van der Waals surface area contributed by atoms with E-state index in [4.69, 9.17) is 0 Å². The van der Waals surface area contributed by atoms with Crippen molar-refractivity contribution >= 4 is 33.2 Å². The second-order valence-electron chi connectivity index (χ2n) is 6.09. The Morgan fingerprint density at radius 1 is 1.32 bits per heavy atom. The van der Waals surface area contributed by atoms with E-state index in [9.17, 15) is 4.79 Å². The van der Waals surface area contributed by atoms with E-state index in [1.807, 2.05) is 42.2 Å². The molecule has 3 aromatic rings. The molecule has 1 atom stereocenters. The van der Waals surface area contributed by atoms with Gasteiger partial charge in [0.1, 0.15) is 0 Å². The third-order valence-corrected chi connectivity index (χ3v) is 6.00. The van der Waals surface area contributed by atoms with E-state index >= 15 is 0 Å². The van der Waals surface area contributed by atoms with Crippen LogP contribution in [0.5, 0.6) is 0 Å². The van der Waals surface area contributed by atoms with Gasteiger partial charge >= 0.3 is 0 Å². The molecule has 0 spiro atoms. The first-order valence-corrected chi connectivity index (χ1v) is 9.85. The molecular formula is C18H17BrN4OS. The van der Waals surface area contributed by atoms with Crippen molar-refractivity contribution in [3.63, 3.8) is 0 Å². The Kier molecular flexibility index (Phi) is 4.43. The fourth-order valence-corrected chi connectivity index (χ4v) is 4.56. The van der Waals surface area contributed by atoms with Gasteiger partial charge in [-0.3, -0.25) is 4.79 Å². The van der Waals surface area contributed by atoms with Crippen molar-refractivity contribution in [2.45, 2.75) is 25.8 Å². The molecule has 0 aliphatic carbocycles. The lowest BCUT2D eigenvalue weighted by molar-refractivity contribution is 0.0731. The summed E-state index contributed by atoms with van der Waals surface area (Å²) in [6.45, 7) is 2.66. The number of rotatable bonds is 3. The van der Waals surface area contributed by atoms with Gasteiger partial charge in [0.25, 0.3) is 5.91 Å². The number of carbonyl (C=O) groups is 1. The number of hydrogen-bond donors (Lipinski definition) is 0. The van der Waals surface area contributed by atoms with E-state index < -0.39 is 0 Å². The molecule has 3 heterocycles. The maximum atomic E-state index is 13.1. The zero-order chi connectivity index (χ0) is 17.4. The molecule has 2 aromatic heterocycles. The van der Waals surface area contributed by atoms with E-state index in [2.05, 4.69) is 37.7 Å². The largest absolute Gasteiger partial charge is 0.329 e. The fraction of sp³-hybridized carbons (Fsp3) is 0.278. The number of carbonyl (C=O) groups excluding carboxylic acids is 1. The molecule has 0 bridgehead atoms. The number of amides is 1. The molecule has 0 radical (unpaired) electrons. The van der Waals surface area contributed by atoms with Crippen molar-refractivity contribution in [3.8, 4) is 5.69 Å². The van der Waals surface area contributed by atoms with Crippen LogP contribution in [-0.2, 0) is 0 Å². The summed E-state index contributed by atoms with van der Waals surface area (Å²) >= 11 is 5.17. The van der Waals surface area contributed by atoms with E-state index in [1.165, 1.54) is 4.88 Å². The van der Waals surface area contributed by atoms with Crippen LogP contribution >= 0.6 is 27.3 Å². The maximum Gasteiger partial charge on any atom is 0.276 e. The van der Waals surface area contributed by atoms with Crippen molar-refractivity contribution in [1.82, 2.24) is 19.9 Å². The van der Waals surface area contributed by atoms with Gasteiger partial charge in [-0.15, -0.1) is 16.4 Å². The van der Waals surface area contributed by atoms with Gasteiger partial charge in [-0.2, -0.15) is 0 Å². The molecule has 1 amide bonds. The van der Waals surface area contributed by atoms with Crippen molar-refractivity contribution in [2.24, 2.45) is 0 Å². The van der Waals surface area contributed by atoms with E-state index in [-0.39, 0.29) is 11.9 Å². The Labute approximate surface area is 158 Å². The number of hydrogen-bond acceptors (Lipinski definition) is 4. The van der Waals surface area contributed by atoms with Crippen LogP contribution in [0.15, 0.2) is 46.3 Å². The molecule has 7 heteroatoms. The van der Waals surface area contributed by atoms with Gasteiger partial charge < -0.3 is 4.90 Å². The highest BCUT2D eigenvalue weighted by molar-refractivity contribution is 9.10. The van der Waals surface area contributed by atoms with E-state index in [0.29, 0.717) is 5.69 Å². The lowest BCUT2D eigenvalue weighted by Gasteiger charge is -2.23. The first-order valence-electron chi connectivity index (χ1n) is 8.18. The van der Waals surface area contributed by atoms with Crippen molar-refractivity contribution in [2.75, 3.05) is 6.54 Å². The van der Waals surface area contributed by atoms with Crippen molar-refractivity contribution in [3.05, 3.63) is 62.5 Å². The highest BCUT2D eigenvalue weighted by Gasteiger charge is 2.33. The third-order valence-electron chi connectivity index (χ3n) is 4.54. The lowest BCUT2D eigenvalue weighted by Crippen LogP contribution is -2.31. The summed E-state index contributed by atoms with van der Waals surface area (Å²) in [4.78, 5) is 16.3. The van der Waals surface area contributed by atoms with Crippen molar-refractivity contribution in [1.29, 1.82) is 0 Å². The zero-order valence-electron chi connectivity index (χ0n) is 13.7. The van der Waals surface area contributed by atoms with Gasteiger partial charge in [-0.1, -0.05) is 33.3 Å². The van der Waals surface area contributed by atoms with Crippen LogP contribution in [0.3, 0.4) is 0 Å². The maximum absolute atomic E-state index is 13.1. The summed E-state index contributed by atoms with van der Waals surface area (Å²) in [7, 11) is 0. The number of aromatic nitrogens is 3. The number of nitrogens with zero attached hydrogens (tertiary/aromatic N) is 4. The average Bonchev–Trinajstić information content (AvgIpc) is 3.34. The Hall–Kier alpha value is -1.99. The Balaban J connectivity index is 1.65. The van der Waals surface area contributed by atoms with Crippen LogP contribution in [0, 0.1) is 6.92 Å². The van der Waals surface area contributed by atoms with Gasteiger partial charge in [-0.05, 0) is 49.4 Å². The number of benzene rings is 1. The van der Waals surface area contributed by atoms with Crippen LogP contribution < -0.4 is 0 Å². The summed E-state index contributed by atoms with van der Waals surface area (Å²) in [5.41, 5.74) is 2.08. The van der Waals surface area contributed by atoms with E-state index in [1.54, 1.807) is 16.0 Å². The molecule has 1 aliphatic rings. The molecule has 128 valence electrons. The third kappa shape index (κ3) is 3.02. The summed E-state index contributed by atoms with van der Waals surface area (Å²) < 4.78 is 2.68.